The molecular weight excluding hydrogens is 210 g/mol. The standard InChI is InChI=1S/C14H23N3/c15-14-6-4-13(5-7-14)3-1-10-17-11-2-8-16-9-12-17/h4-7,16H,1-3,8-12,15H2. The van der Waals surface area contributed by atoms with Gasteiger partial charge in [0, 0.05) is 18.8 Å². The number of nitrogen functional groups attached to an aromatic ring is 1. The maximum absolute atomic E-state index is 5.67. The first-order chi connectivity index (χ1) is 8.34. The molecule has 1 aromatic carbocycles. The molecule has 17 heavy (non-hydrogen) atoms. The number of nitrogens with one attached hydrogen (secondary N) is 1. The summed E-state index contributed by atoms with van der Waals surface area (Å²) in [5, 5.41) is 3.44. The van der Waals surface area contributed by atoms with Gasteiger partial charge in [0.05, 0.1) is 0 Å². The number of hydrogen-bond acceptors (Lipinski definition) is 3. The Kier molecular flexibility index (Phi) is 4.83. The van der Waals surface area contributed by atoms with Crippen LogP contribution in [0, 0.1) is 0 Å². The Labute approximate surface area is 104 Å². The predicted octanol–water partition coefficient (Wildman–Crippen LogP) is 1.50. The molecule has 1 heterocycles. The fourth-order valence-corrected chi connectivity index (χ4v) is 2.32. The van der Waals surface area contributed by atoms with Crippen molar-refractivity contribution in [1.29, 1.82) is 0 Å². The van der Waals surface area contributed by atoms with Gasteiger partial charge in [-0.1, -0.05) is 12.1 Å². The normalized spacial score (nSPS) is 17.9. The number of aryl methyl sites for hydroxylation is 1. The average Bonchev–Trinajstić information content (AvgIpc) is 2.60. The van der Waals surface area contributed by atoms with Crippen LogP contribution in [0.25, 0.3) is 0 Å². The lowest BCUT2D eigenvalue weighted by Crippen LogP contribution is -2.29. The van der Waals surface area contributed by atoms with Gasteiger partial charge in [-0.15, -0.1) is 0 Å². The van der Waals surface area contributed by atoms with Crippen molar-refractivity contribution in [2.24, 2.45) is 0 Å². The summed E-state index contributed by atoms with van der Waals surface area (Å²) in [7, 11) is 0. The van der Waals surface area contributed by atoms with Crippen LogP contribution in [0.1, 0.15) is 18.4 Å². The van der Waals surface area contributed by atoms with Crippen molar-refractivity contribution < 1.29 is 0 Å². The lowest BCUT2D eigenvalue weighted by atomic mass is 10.1. The van der Waals surface area contributed by atoms with E-state index in [4.69, 9.17) is 5.73 Å². The van der Waals surface area contributed by atoms with Crippen LogP contribution in [-0.4, -0.2) is 37.6 Å². The lowest BCUT2D eigenvalue weighted by molar-refractivity contribution is 0.289. The number of rotatable bonds is 4. The Balaban J connectivity index is 1.69. The van der Waals surface area contributed by atoms with Gasteiger partial charge in [0.25, 0.3) is 0 Å². The highest BCUT2D eigenvalue weighted by Gasteiger charge is 2.07. The van der Waals surface area contributed by atoms with Crippen LogP contribution in [-0.2, 0) is 6.42 Å². The molecule has 0 aromatic heterocycles. The second-order valence-corrected chi connectivity index (χ2v) is 4.79. The maximum atomic E-state index is 5.67. The maximum Gasteiger partial charge on any atom is 0.0314 e. The number of nitrogens with zero attached hydrogens (tertiary/aromatic N) is 1. The molecule has 0 aliphatic carbocycles. The van der Waals surface area contributed by atoms with Crippen LogP contribution in [0.3, 0.4) is 0 Å². The van der Waals surface area contributed by atoms with Crippen LogP contribution < -0.4 is 11.1 Å². The third-order valence-electron chi connectivity index (χ3n) is 3.35. The molecule has 94 valence electrons. The highest BCUT2D eigenvalue weighted by Crippen LogP contribution is 2.08. The van der Waals surface area contributed by atoms with Gasteiger partial charge in [-0.05, 0) is 56.6 Å². The van der Waals surface area contributed by atoms with Crippen LogP contribution in [0.15, 0.2) is 24.3 Å². The van der Waals surface area contributed by atoms with E-state index in [-0.39, 0.29) is 0 Å². The number of anilines is 1. The van der Waals surface area contributed by atoms with Crippen molar-refractivity contribution in [2.75, 3.05) is 38.5 Å². The molecule has 0 spiro atoms. The first kappa shape index (κ1) is 12.4. The van der Waals surface area contributed by atoms with Gasteiger partial charge in [0.1, 0.15) is 0 Å². The van der Waals surface area contributed by atoms with Gasteiger partial charge >= 0.3 is 0 Å². The second kappa shape index (κ2) is 6.62. The van der Waals surface area contributed by atoms with E-state index in [0.29, 0.717) is 0 Å². The molecule has 1 aliphatic heterocycles. The van der Waals surface area contributed by atoms with Crippen molar-refractivity contribution in [1.82, 2.24) is 10.2 Å². The Morgan fingerprint density at radius 3 is 2.76 bits per heavy atom. The van der Waals surface area contributed by atoms with E-state index in [9.17, 15) is 0 Å². The Bertz CT molecular complexity index is 313. The molecule has 1 saturated heterocycles. The average molecular weight is 233 g/mol. The van der Waals surface area contributed by atoms with Crippen LogP contribution >= 0.6 is 0 Å². The summed E-state index contributed by atoms with van der Waals surface area (Å²) >= 11 is 0. The molecular formula is C14H23N3. The van der Waals surface area contributed by atoms with Crippen molar-refractivity contribution >= 4 is 5.69 Å². The van der Waals surface area contributed by atoms with Crippen LogP contribution in [0.5, 0.6) is 0 Å². The molecule has 2 rings (SSSR count). The highest BCUT2D eigenvalue weighted by atomic mass is 15.1. The number of hydrogen-bond donors (Lipinski definition) is 2. The van der Waals surface area contributed by atoms with Crippen molar-refractivity contribution in [3.8, 4) is 0 Å². The number of nitrogens with two attached hydrogens (primary N) is 1. The minimum absolute atomic E-state index is 0.854. The Morgan fingerprint density at radius 2 is 1.94 bits per heavy atom. The van der Waals surface area contributed by atoms with E-state index in [1.165, 1.54) is 44.6 Å². The Morgan fingerprint density at radius 1 is 1.12 bits per heavy atom. The summed E-state index contributed by atoms with van der Waals surface area (Å²) in [5.74, 6) is 0. The van der Waals surface area contributed by atoms with E-state index in [1.807, 2.05) is 12.1 Å². The molecule has 0 bridgehead atoms. The summed E-state index contributed by atoms with van der Waals surface area (Å²) < 4.78 is 0. The quantitative estimate of drug-likeness (QED) is 0.774. The monoisotopic (exact) mass is 233 g/mol. The minimum atomic E-state index is 0.854. The zero-order valence-electron chi connectivity index (χ0n) is 10.5. The van der Waals surface area contributed by atoms with Gasteiger partial charge in [0.15, 0.2) is 0 Å². The van der Waals surface area contributed by atoms with E-state index >= 15 is 0 Å². The molecule has 0 radical (unpaired) electrons. The van der Waals surface area contributed by atoms with Crippen molar-refractivity contribution in [3.05, 3.63) is 29.8 Å². The fraction of sp³-hybridized carbons (Fsp3) is 0.571. The molecule has 1 aromatic rings. The predicted molar refractivity (Wildman–Crippen MR) is 73.1 cm³/mol. The largest absolute Gasteiger partial charge is 0.399 e. The van der Waals surface area contributed by atoms with Crippen LogP contribution in [0.4, 0.5) is 5.69 Å². The molecule has 0 atom stereocenters. The first-order valence-corrected chi connectivity index (χ1v) is 6.62. The lowest BCUT2D eigenvalue weighted by Gasteiger charge is -2.19. The molecule has 0 amide bonds. The van der Waals surface area contributed by atoms with Gasteiger partial charge in [-0.25, -0.2) is 0 Å². The Hall–Kier alpha value is -1.06. The summed E-state index contributed by atoms with van der Waals surface area (Å²) in [4.78, 5) is 2.57. The minimum Gasteiger partial charge on any atom is -0.399 e. The zero-order chi connectivity index (χ0) is 11.9. The highest BCUT2D eigenvalue weighted by molar-refractivity contribution is 5.39. The van der Waals surface area contributed by atoms with Gasteiger partial charge in [0.2, 0.25) is 0 Å². The van der Waals surface area contributed by atoms with E-state index in [2.05, 4.69) is 22.3 Å². The third kappa shape index (κ3) is 4.36. The number of benzene rings is 1. The molecule has 0 saturated carbocycles. The molecule has 1 fully saturated rings. The van der Waals surface area contributed by atoms with Gasteiger partial charge < -0.3 is 16.0 Å². The van der Waals surface area contributed by atoms with E-state index in [0.717, 1.165) is 18.7 Å². The van der Waals surface area contributed by atoms with Crippen LogP contribution in [0.2, 0.25) is 0 Å². The second-order valence-electron chi connectivity index (χ2n) is 4.79. The fourth-order valence-electron chi connectivity index (χ4n) is 2.32. The van der Waals surface area contributed by atoms with Gasteiger partial charge in [-0.2, -0.15) is 0 Å². The molecule has 3 heteroatoms. The summed E-state index contributed by atoms with van der Waals surface area (Å²) in [6, 6.07) is 8.26. The molecule has 3 N–H and O–H groups in total. The zero-order valence-corrected chi connectivity index (χ0v) is 10.5. The molecule has 3 nitrogen and oxygen atoms in total. The third-order valence-corrected chi connectivity index (χ3v) is 3.35. The molecule has 1 aliphatic rings. The van der Waals surface area contributed by atoms with E-state index < -0.39 is 0 Å². The van der Waals surface area contributed by atoms with Crippen molar-refractivity contribution in [3.63, 3.8) is 0 Å². The summed E-state index contributed by atoms with van der Waals surface area (Å²) in [5.41, 5.74) is 7.92. The van der Waals surface area contributed by atoms with E-state index in [1.54, 1.807) is 0 Å². The topological polar surface area (TPSA) is 41.3 Å². The van der Waals surface area contributed by atoms with Gasteiger partial charge in [-0.3, -0.25) is 0 Å². The summed E-state index contributed by atoms with van der Waals surface area (Å²) in [6.45, 7) is 5.97. The molecule has 0 unspecified atom stereocenters. The van der Waals surface area contributed by atoms with Crippen molar-refractivity contribution in [2.45, 2.75) is 19.3 Å². The first-order valence-electron chi connectivity index (χ1n) is 6.62. The smallest absolute Gasteiger partial charge is 0.0314 e. The summed E-state index contributed by atoms with van der Waals surface area (Å²) in [6.07, 6.45) is 3.68. The SMILES string of the molecule is Nc1ccc(CCCN2CCCNCC2)cc1.